The van der Waals surface area contributed by atoms with Crippen LogP contribution >= 0.6 is 22.9 Å². The van der Waals surface area contributed by atoms with Crippen molar-refractivity contribution in [1.29, 1.82) is 0 Å². The summed E-state index contributed by atoms with van der Waals surface area (Å²) in [5, 5.41) is 3.78. The van der Waals surface area contributed by atoms with E-state index in [0.717, 1.165) is 35.7 Å². The minimum Gasteiger partial charge on any atom is -0.382 e. The third-order valence-corrected chi connectivity index (χ3v) is 7.47. The van der Waals surface area contributed by atoms with Gasteiger partial charge in [-0.2, -0.15) is 0 Å². The summed E-state index contributed by atoms with van der Waals surface area (Å²) in [5.41, 5.74) is 8.85. The molecule has 5 rings (SSSR count). The van der Waals surface area contributed by atoms with E-state index in [9.17, 15) is 9.59 Å². The highest BCUT2D eigenvalue weighted by atomic mass is 35.5. The van der Waals surface area contributed by atoms with Gasteiger partial charge >= 0.3 is 0 Å². The van der Waals surface area contributed by atoms with E-state index < -0.39 is 0 Å². The van der Waals surface area contributed by atoms with E-state index in [4.69, 9.17) is 22.3 Å². The average Bonchev–Trinajstić information content (AvgIpc) is 3.50. The Hall–Kier alpha value is -3.50. The van der Waals surface area contributed by atoms with Crippen molar-refractivity contribution in [3.8, 4) is 11.3 Å². The molecule has 11 heteroatoms. The highest BCUT2D eigenvalue weighted by molar-refractivity contribution is 7.15. The summed E-state index contributed by atoms with van der Waals surface area (Å²) in [7, 11) is 0. The number of imidazole rings is 1. The van der Waals surface area contributed by atoms with Crippen molar-refractivity contribution in [3.63, 3.8) is 0 Å². The number of nitrogen functional groups attached to an aromatic ring is 1. The van der Waals surface area contributed by atoms with Gasteiger partial charge in [0.25, 0.3) is 5.91 Å². The number of anilines is 2. The monoisotopic (exact) mass is 523 g/mol. The van der Waals surface area contributed by atoms with Gasteiger partial charge in [0.05, 0.1) is 6.20 Å². The topological polar surface area (TPSA) is 119 Å². The van der Waals surface area contributed by atoms with Crippen molar-refractivity contribution in [2.24, 2.45) is 0 Å². The SMILES string of the molecule is CCC(=O)N1CCCC(c2nc(-c3ccc(C(=O)Nc4ncc(C)s4)cc3)c3c(N)ncc(Cl)n23)C1. The maximum absolute atomic E-state index is 12.7. The van der Waals surface area contributed by atoms with Gasteiger partial charge in [0.1, 0.15) is 28.0 Å². The Morgan fingerprint density at radius 2 is 2.00 bits per heavy atom. The van der Waals surface area contributed by atoms with Gasteiger partial charge < -0.3 is 10.6 Å². The third-order valence-electron chi connectivity index (χ3n) is 6.37. The van der Waals surface area contributed by atoms with E-state index in [-0.39, 0.29) is 17.7 Å². The number of hydrogen-bond acceptors (Lipinski definition) is 7. The van der Waals surface area contributed by atoms with Crippen LogP contribution in [-0.2, 0) is 4.79 Å². The molecule has 3 aromatic heterocycles. The molecule has 1 saturated heterocycles. The Bertz CT molecular complexity index is 1450. The number of aromatic nitrogens is 4. The molecule has 0 saturated carbocycles. The number of halogens is 1. The molecular weight excluding hydrogens is 498 g/mol. The van der Waals surface area contributed by atoms with Crippen molar-refractivity contribution in [2.75, 3.05) is 24.1 Å². The molecule has 0 spiro atoms. The number of hydrogen-bond donors (Lipinski definition) is 2. The number of fused-ring (bicyclic) bond motifs is 1. The lowest BCUT2D eigenvalue weighted by Crippen LogP contribution is -2.39. The summed E-state index contributed by atoms with van der Waals surface area (Å²) in [5.74, 6) is 0.981. The first kappa shape index (κ1) is 24.2. The van der Waals surface area contributed by atoms with Crippen molar-refractivity contribution < 1.29 is 9.59 Å². The number of piperidine rings is 1. The first-order valence-electron chi connectivity index (χ1n) is 11.8. The van der Waals surface area contributed by atoms with Crippen LogP contribution in [0.2, 0.25) is 5.15 Å². The van der Waals surface area contributed by atoms with E-state index >= 15 is 0 Å². The average molecular weight is 524 g/mol. The molecule has 2 amide bonds. The Morgan fingerprint density at radius 1 is 1.22 bits per heavy atom. The quantitative estimate of drug-likeness (QED) is 0.389. The predicted octanol–water partition coefficient (Wildman–Crippen LogP) is 4.77. The second kappa shape index (κ2) is 9.87. The van der Waals surface area contributed by atoms with E-state index in [2.05, 4.69) is 15.3 Å². The first-order chi connectivity index (χ1) is 17.4. The molecule has 36 heavy (non-hydrogen) atoms. The summed E-state index contributed by atoms with van der Waals surface area (Å²) < 4.78 is 1.84. The predicted molar refractivity (Wildman–Crippen MR) is 141 cm³/mol. The van der Waals surface area contributed by atoms with E-state index in [1.807, 2.05) is 35.3 Å². The number of amides is 2. The molecule has 0 bridgehead atoms. The maximum Gasteiger partial charge on any atom is 0.257 e. The third kappa shape index (κ3) is 4.54. The van der Waals surface area contributed by atoms with Crippen molar-refractivity contribution in [1.82, 2.24) is 24.3 Å². The first-order valence-corrected chi connectivity index (χ1v) is 13.0. The zero-order valence-corrected chi connectivity index (χ0v) is 21.6. The fourth-order valence-electron chi connectivity index (χ4n) is 4.61. The molecule has 1 aliphatic rings. The van der Waals surface area contributed by atoms with E-state index in [1.54, 1.807) is 18.3 Å². The molecule has 1 aliphatic heterocycles. The van der Waals surface area contributed by atoms with Gasteiger partial charge in [0.15, 0.2) is 5.13 Å². The van der Waals surface area contributed by atoms with Gasteiger partial charge in [-0.25, -0.2) is 15.0 Å². The molecule has 0 radical (unpaired) electrons. The number of carbonyl (C=O) groups excluding carboxylic acids is 2. The van der Waals surface area contributed by atoms with E-state index in [0.29, 0.717) is 45.8 Å². The number of carbonyl (C=O) groups is 2. The van der Waals surface area contributed by atoms with Crippen LogP contribution in [0.5, 0.6) is 0 Å². The van der Waals surface area contributed by atoms with Gasteiger partial charge in [-0.15, -0.1) is 11.3 Å². The van der Waals surface area contributed by atoms with Gasteiger partial charge in [-0.3, -0.25) is 19.3 Å². The number of aryl methyl sites for hydroxylation is 1. The van der Waals surface area contributed by atoms with Crippen LogP contribution < -0.4 is 11.1 Å². The number of likely N-dealkylation sites (tertiary alicyclic amines) is 1. The Balaban J connectivity index is 1.50. The summed E-state index contributed by atoms with van der Waals surface area (Å²) in [6.07, 6.45) is 5.49. The molecule has 1 atom stereocenters. The van der Waals surface area contributed by atoms with Crippen molar-refractivity contribution in [2.45, 2.75) is 39.0 Å². The standard InChI is InChI=1S/C25H26ClN7O2S/c1-3-19(34)32-10-4-5-17(13-32)23-30-20(21-22(27)28-12-18(26)33(21)23)15-6-8-16(9-7-15)24(35)31-25-29-11-14(2)36-25/h6-9,11-12,17H,3-5,10,13H2,1-2H3,(H2,27,28)(H,29,31,35). The van der Waals surface area contributed by atoms with Crippen LogP contribution in [0.1, 0.15) is 53.2 Å². The van der Waals surface area contributed by atoms with Crippen LogP contribution in [0.25, 0.3) is 16.8 Å². The molecule has 1 aromatic carbocycles. The lowest BCUT2D eigenvalue weighted by atomic mass is 9.97. The highest BCUT2D eigenvalue weighted by Crippen LogP contribution is 2.36. The maximum atomic E-state index is 12.7. The summed E-state index contributed by atoms with van der Waals surface area (Å²) in [6, 6.07) is 7.16. The number of thiazole rings is 1. The minimum atomic E-state index is -0.238. The number of nitrogens with zero attached hydrogens (tertiary/aromatic N) is 5. The largest absolute Gasteiger partial charge is 0.382 e. The van der Waals surface area contributed by atoms with Crippen LogP contribution in [0.3, 0.4) is 0 Å². The normalized spacial score (nSPS) is 15.9. The fraction of sp³-hybridized carbons (Fsp3) is 0.320. The van der Waals surface area contributed by atoms with Gasteiger partial charge in [-0.1, -0.05) is 30.7 Å². The van der Waals surface area contributed by atoms with Crippen LogP contribution in [0.4, 0.5) is 10.9 Å². The molecular formula is C25H26ClN7O2S. The zero-order chi connectivity index (χ0) is 25.4. The van der Waals surface area contributed by atoms with Crippen LogP contribution in [-0.4, -0.2) is 49.2 Å². The smallest absolute Gasteiger partial charge is 0.257 e. The lowest BCUT2D eigenvalue weighted by molar-refractivity contribution is -0.132. The molecule has 4 heterocycles. The minimum absolute atomic E-state index is 0.0154. The number of rotatable bonds is 5. The molecule has 1 unspecified atom stereocenters. The second-order valence-electron chi connectivity index (χ2n) is 8.81. The number of nitrogens with one attached hydrogen (secondary N) is 1. The fourth-order valence-corrected chi connectivity index (χ4v) is 5.49. The van der Waals surface area contributed by atoms with Gasteiger partial charge in [0.2, 0.25) is 5.91 Å². The highest BCUT2D eigenvalue weighted by Gasteiger charge is 2.29. The van der Waals surface area contributed by atoms with E-state index in [1.165, 1.54) is 17.5 Å². The number of nitrogens with two attached hydrogens (primary N) is 1. The second-order valence-corrected chi connectivity index (χ2v) is 10.4. The number of benzene rings is 1. The molecule has 9 nitrogen and oxygen atoms in total. The van der Waals surface area contributed by atoms with Crippen molar-refractivity contribution >= 4 is 51.2 Å². The Kier molecular flexibility index (Phi) is 6.63. The molecule has 4 aromatic rings. The van der Waals surface area contributed by atoms with Crippen LogP contribution in [0, 0.1) is 6.92 Å². The molecule has 1 fully saturated rings. The Labute approximate surface area is 217 Å². The van der Waals surface area contributed by atoms with Crippen LogP contribution in [0.15, 0.2) is 36.7 Å². The Morgan fingerprint density at radius 3 is 2.69 bits per heavy atom. The lowest BCUT2D eigenvalue weighted by Gasteiger charge is -2.32. The summed E-state index contributed by atoms with van der Waals surface area (Å²) in [4.78, 5) is 41.4. The molecule has 186 valence electrons. The van der Waals surface area contributed by atoms with Gasteiger partial charge in [0, 0.05) is 47.6 Å². The molecule has 3 N–H and O–H groups in total. The summed E-state index contributed by atoms with van der Waals surface area (Å²) in [6.45, 7) is 5.14. The van der Waals surface area contributed by atoms with Gasteiger partial charge in [-0.05, 0) is 31.9 Å². The molecule has 0 aliphatic carbocycles. The zero-order valence-electron chi connectivity index (χ0n) is 20.0. The summed E-state index contributed by atoms with van der Waals surface area (Å²) >= 11 is 8.01. The van der Waals surface area contributed by atoms with Crippen molar-refractivity contribution in [3.05, 3.63) is 58.1 Å².